The maximum Gasteiger partial charge on any atom is 0.258 e. The van der Waals surface area contributed by atoms with Crippen LogP contribution >= 0.6 is 23.2 Å². The molecule has 1 aromatic carbocycles. The molecule has 0 saturated carbocycles. The molecule has 1 fully saturated rings. The highest BCUT2D eigenvalue weighted by molar-refractivity contribution is 6.53. The Morgan fingerprint density at radius 3 is 2.58 bits per heavy atom. The van der Waals surface area contributed by atoms with Crippen molar-refractivity contribution >= 4 is 35.0 Å². The molecule has 5 nitrogen and oxygen atoms in total. The number of piperidine rings is 1. The molecule has 0 aliphatic carbocycles. The lowest BCUT2D eigenvalue weighted by atomic mass is 10.1. The quantitative estimate of drug-likeness (QED) is 0.780. The highest BCUT2D eigenvalue weighted by Gasteiger charge is 2.26. The largest absolute Gasteiger partial charge is 0.483 e. The summed E-state index contributed by atoms with van der Waals surface area (Å²) >= 11 is 11.2. The Balaban J connectivity index is 1.75. The van der Waals surface area contributed by atoms with Gasteiger partial charge in [-0.1, -0.05) is 48.3 Å². The fourth-order valence-corrected chi connectivity index (χ4v) is 3.01. The number of halogens is 2. The van der Waals surface area contributed by atoms with E-state index in [2.05, 4.69) is 5.32 Å². The molecular weight excluding hydrogens is 351 g/mol. The molecule has 1 aliphatic rings. The van der Waals surface area contributed by atoms with Crippen LogP contribution in [-0.4, -0.2) is 47.3 Å². The molecule has 1 aromatic rings. The molecule has 1 N–H and O–H groups in total. The van der Waals surface area contributed by atoms with E-state index in [1.165, 1.54) is 0 Å². The number of benzene rings is 1. The van der Waals surface area contributed by atoms with E-state index in [9.17, 15) is 9.59 Å². The number of carbonyl (C=O) groups excluding carboxylic acids is 2. The van der Waals surface area contributed by atoms with Crippen molar-refractivity contribution in [2.24, 2.45) is 0 Å². The first-order chi connectivity index (χ1) is 11.5. The number of hydrogen-bond donors (Lipinski definition) is 1. The van der Waals surface area contributed by atoms with Crippen molar-refractivity contribution in [3.63, 3.8) is 0 Å². The second-order valence-corrected chi connectivity index (χ2v) is 6.81. The van der Waals surface area contributed by atoms with Gasteiger partial charge >= 0.3 is 0 Å². The van der Waals surface area contributed by atoms with E-state index in [-0.39, 0.29) is 24.5 Å². The standard InChI is InChI=1S/C17H22Cl2N2O3/c1-2-12-5-3-4-6-14(12)24-11-15(22)20-13-7-9-21(10-8-13)17(23)16(18)19/h3-6,13,16H,2,7-11H2,1H3,(H,20,22). The highest BCUT2D eigenvalue weighted by Crippen LogP contribution is 2.18. The first-order valence-electron chi connectivity index (χ1n) is 8.08. The molecule has 1 heterocycles. The Kier molecular flexibility index (Phi) is 7.18. The molecule has 2 rings (SSSR count). The maximum atomic E-state index is 12.0. The Morgan fingerprint density at radius 1 is 1.29 bits per heavy atom. The normalized spacial score (nSPS) is 15.4. The second-order valence-electron chi connectivity index (χ2n) is 5.72. The van der Waals surface area contributed by atoms with Crippen molar-refractivity contribution in [2.45, 2.75) is 37.1 Å². The van der Waals surface area contributed by atoms with Crippen molar-refractivity contribution in [1.29, 1.82) is 0 Å². The summed E-state index contributed by atoms with van der Waals surface area (Å²) in [4.78, 5) is 24.4. The average molecular weight is 373 g/mol. The van der Waals surface area contributed by atoms with E-state index >= 15 is 0 Å². The van der Waals surface area contributed by atoms with Crippen LogP contribution in [0.3, 0.4) is 0 Å². The highest BCUT2D eigenvalue weighted by atomic mass is 35.5. The van der Waals surface area contributed by atoms with Gasteiger partial charge in [-0.3, -0.25) is 9.59 Å². The van der Waals surface area contributed by atoms with Gasteiger partial charge in [0.1, 0.15) is 5.75 Å². The van der Waals surface area contributed by atoms with Gasteiger partial charge in [0, 0.05) is 19.1 Å². The lowest BCUT2D eigenvalue weighted by Crippen LogP contribution is -2.48. The van der Waals surface area contributed by atoms with E-state index < -0.39 is 4.84 Å². The van der Waals surface area contributed by atoms with Crippen molar-refractivity contribution in [1.82, 2.24) is 10.2 Å². The van der Waals surface area contributed by atoms with Crippen molar-refractivity contribution in [3.05, 3.63) is 29.8 Å². The number of aryl methyl sites for hydroxylation is 1. The van der Waals surface area contributed by atoms with Gasteiger partial charge in [0.2, 0.25) is 0 Å². The first-order valence-corrected chi connectivity index (χ1v) is 8.95. The van der Waals surface area contributed by atoms with Gasteiger partial charge in [0.05, 0.1) is 0 Å². The minimum atomic E-state index is -1.02. The SMILES string of the molecule is CCc1ccccc1OCC(=O)NC1CCN(C(=O)C(Cl)Cl)CC1. The van der Waals surface area contributed by atoms with Crippen molar-refractivity contribution < 1.29 is 14.3 Å². The third-order valence-corrected chi connectivity index (χ3v) is 4.44. The summed E-state index contributed by atoms with van der Waals surface area (Å²) < 4.78 is 5.61. The minimum Gasteiger partial charge on any atom is -0.483 e. The smallest absolute Gasteiger partial charge is 0.258 e. The fourth-order valence-electron chi connectivity index (χ4n) is 2.73. The lowest BCUT2D eigenvalue weighted by Gasteiger charge is -2.32. The summed E-state index contributed by atoms with van der Waals surface area (Å²) in [5, 5.41) is 2.95. The Bertz CT molecular complexity index is 573. The second kappa shape index (κ2) is 9.14. The number of ether oxygens (including phenoxy) is 1. The van der Waals surface area contributed by atoms with Crippen LogP contribution in [-0.2, 0) is 16.0 Å². The molecule has 2 amide bonds. The number of nitrogens with one attached hydrogen (secondary N) is 1. The fraction of sp³-hybridized carbons (Fsp3) is 0.529. The number of rotatable bonds is 6. The Morgan fingerprint density at radius 2 is 1.96 bits per heavy atom. The van der Waals surface area contributed by atoms with Crippen LogP contribution in [0.1, 0.15) is 25.3 Å². The van der Waals surface area contributed by atoms with Gasteiger partial charge in [0.15, 0.2) is 11.4 Å². The van der Waals surface area contributed by atoms with Crippen LogP contribution in [0, 0.1) is 0 Å². The minimum absolute atomic E-state index is 0.0123. The number of amides is 2. The van der Waals surface area contributed by atoms with Crippen LogP contribution < -0.4 is 10.1 Å². The molecule has 24 heavy (non-hydrogen) atoms. The van der Waals surface area contributed by atoms with E-state index in [0.717, 1.165) is 17.7 Å². The number of para-hydroxylation sites is 1. The molecule has 7 heteroatoms. The predicted molar refractivity (Wildman–Crippen MR) is 94.6 cm³/mol. The third kappa shape index (κ3) is 5.28. The average Bonchev–Trinajstić information content (AvgIpc) is 2.60. The van der Waals surface area contributed by atoms with Crippen molar-refractivity contribution in [3.8, 4) is 5.75 Å². The number of alkyl halides is 2. The van der Waals surface area contributed by atoms with E-state index in [0.29, 0.717) is 25.9 Å². The summed E-state index contributed by atoms with van der Waals surface area (Å²) in [6.45, 7) is 3.11. The molecule has 132 valence electrons. The van der Waals surface area contributed by atoms with Crippen LogP contribution in [0.15, 0.2) is 24.3 Å². The molecule has 1 aliphatic heterocycles. The van der Waals surface area contributed by atoms with Gasteiger partial charge in [-0.15, -0.1) is 0 Å². The zero-order chi connectivity index (χ0) is 17.5. The van der Waals surface area contributed by atoms with Gasteiger partial charge in [0.25, 0.3) is 11.8 Å². The number of carbonyl (C=O) groups is 2. The van der Waals surface area contributed by atoms with Crippen LogP contribution in [0.5, 0.6) is 5.75 Å². The van der Waals surface area contributed by atoms with Crippen LogP contribution in [0.25, 0.3) is 0 Å². The lowest BCUT2D eigenvalue weighted by molar-refractivity contribution is -0.130. The van der Waals surface area contributed by atoms with Gasteiger partial charge in [-0.05, 0) is 30.9 Å². The number of hydrogen-bond acceptors (Lipinski definition) is 3. The third-order valence-electron chi connectivity index (χ3n) is 4.07. The molecule has 0 radical (unpaired) electrons. The molecule has 0 aromatic heterocycles. The molecule has 0 atom stereocenters. The van der Waals surface area contributed by atoms with E-state index in [4.69, 9.17) is 27.9 Å². The summed E-state index contributed by atoms with van der Waals surface area (Å²) in [5.74, 6) is 0.312. The van der Waals surface area contributed by atoms with Crippen LogP contribution in [0.4, 0.5) is 0 Å². The first kappa shape index (κ1) is 18.9. The monoisotopic (exact) mass is 372 g/mol. The zero-order valence-electron chi connectivity index (χ0n) is 13.6. The van der Waals surface area contributed by atoms with Gasteiger partial charge in [-0.2, -0.15) is 0 Å². The van der Waals surface area contributed by atoms with Gasteiger partial charge < -0.3 is 15.0 Å². The Labute approximate surface area is 152 Å². The molecule has 0 spiro atoms. The van der Waals surface area contributed by atoms with E-state index in [1.54, 1.807) is 4.90 Å². The summed E-state index contributed by atoms with van der Waals surface area (Å²) in [7, 11) is 0. The summed E-state index contributed by atoms with van der Waals surface area (Å²) in [6.07, 6.45) is 2.22. The van der Waals surface area contributed by atoms with Crippen LogP contribution in [0.2, 0.25) is 0 Å². The predicted octanol–water partition coefficient (Wildman–Crippen LogP) is 2.54. The molecule has 0 unspecified atom stereocenters. The Hall–Kier alpha value is -1.46. The van der Waals surface area contributed by atoms with Crippen molar-refractivity contribution in [2.75, 3.05) is 19.7 Å². The molecule has 0 bridgehead atoms. The summed E-state index contributed by atoms with van der Waals surface area (Å²) in [5.41, 5.74) is 1.08. The topological polar surface area (TPSA) is 58.6 Å². The molecule has 1 saturated heterocycles. The van der Waals surface area contributed by atoms with Gasteiger partial charge in [-0.25, -0.2) is 0 Å². The summed E-state index contributed by atoms with van der Waals surface area (Å²) in [6, 6.07) is 7.73. The zero-order valence-corrected chi connectivity index (χ0v) is 15.1. The number of likely N-dealkylation sites (tertiary alicyclic amines) is 1. The van der Waals surface area contributed by atoms with E-state index in [1.807, 2.05) is 31.2 Å². The number of nitrogens with zero attached hydrogens (tertiary/aromatic N) is 1. The molecular formula is C17H22Cl2N2O3. The maximum absolute atomic E-state index is 12.0.